The van der Waals surface area contributed by atoms with E-state index < -0.39 is 10.0 Å². The van der Waals surface area contributed by atoms with E-state index in [9.17, 15) is 13.2 Å². The van der Waals surface area contributed by atoms with Crippen molar-refractivity contribution in [2.75, 3.05) is 45.2 Å². The zero-order valence-corrected chi connectivity index (χ0v) is 22.7. The van der Waals surface area contributed by atoms with Gasteiger partial charge in [-0.2, -0.15) is 4.31 Å². The Morgan fingerprint density at radius 2 is 1.91 bits per heavy atom. The van der Waals surface area contributed by atoms with Gasteiger partial charge in [-0.3, -0.25) is 9.69 Å². The molecule has 4 rings (SSSR count). The Labute approximate surface area is 216 Å². The average Bonchev–Trinajstić information content (AvgIpc) is 3.24. The number of benzene rings is 2. The lowest BCUT2D eigenvalue weighted by atomic mass is 10.0. The number of carbonyl (C=O) groups is 1. The molecule has 0 radical (unpaired) electrons. The lowest BCUT2D eigenvalue weighted by Crippen LogP contribution is -2.39. The number of rotatable bonds is 8. The highest BCUT2D eigenvalue weighted by Crippen LogP contribution is 2.32. The van der Waals surface area contributed by atoms with Crippen molar-refractivity contribution in [3.63, 3.8) is 0 Å². The molecule has 35 heavy (non-hydrogen) atoms. The number of fused-ring (bicyclic) bond motifs is 1. The van der Waals surface area contributed by atoms with Crippen molar-refractivity contribution >= 4 is 54.2 Å². The van der Waals surface area contributed by atoms with Gasteiger partial charge in [-0.1, -0.05) is 29.9 Å². The Morgan fingerprint density at radius 1 is 1.17 bits per heavy atom. The molecule has 7 nitrogen and oxygen atoms in total. The van der Waals surface area contributed by atoms with Gasteiger partial charge in [-0.05, 0) is 88.3 Å². The van der Waals surface area contributed by atoms with Crippen LogP contribution in [0.1, 0.15) is 36.5 Å². The molecule has 0 spiro atoms. The van der Waals surface area contributed by atoms with Crippen LogP contribution in [0.3, 0.4) is 0 Å². The fourth-order valence-electron chi connectivity index (χ4n) is 4.27. The van der Waals surface area contributed by atoms with Crippen LogP contribution in [0.15, 0.2) is 47.4 Å². The molecular weight excluding hydrogens is 504 g/mol. The van der Waals surface area contributed by atoms with Crippen molar-refractivity contribution in [3.05, 3.63) is 53.1 Å². The van der Waals surface area contributed by atoms with Crippen molar-refractivity contribution < 1.29 is 13.2 Å². The molecule has 2 heterocycles. The average molecular weight is 535 g/mol. The minimum Gasteiger partial charge on any atom is -0.309 e. The molecule has 0 saturated carbocycles. The highest BCUT2D eigenvalue weighted by Gasteiger charge is 2.29. The van der Waals surface area contributed by atoms with E-state index in [2.05, 4.69) is 16.8 Å². The van der Waals surface area contributed by atoms with E-state index in [1.54, 1.807) is 27.4 Å². The normalized spacial score (nSPS) is 17.2. The van der Waals surface area contributed by atoms with Crippen LogP contribution in [0.25, 0.3) is 10.2 Å². The maximum absolute atomic E-state index is 13.6. The number of hydrogen-bond acceptors (Lipinski definition) is 6. The zero-order valence-electron chi connectivity index (χ0n) is 20.3. The molecule has 1 atom stereocenters. The molecule has 0 N–H and O–H groups in total. The van der Waals surface area contributed by atoms with E-state index in [0.717, 1.165) is 36.0 Å². The van der Waals surface area contributed by atoms with Crippen LogP contribution in [0.2, 0.25) is 5.02 Å². The highest BCUT2D eigenvalue weighted by molar-refractivity contribution is 7.89. The van der Waals surface area contributed by atoms with Gasteiger partial charge < -0.3 is 4.90 Å². The summed E-state index contributed by atoms with van der Waals surface area (Å²) >= 11 is 7.56. The quantitative estimate of drug-likeness (QED) is 0.408. The molecule has 1 unspecified atom stereocenters. The van der Waals surface area contributed by atoms with Crippen LogP contribution in [0, 0.1) is 5.92 Å². The Hall–Kier alpha value is -2.04. The molecule has 1 saturated heterocycles. The number of anilines is 1. The van der Waals surface area contributed by atoms with Crippen LogP contribution in [-0.2, 0) is 10.0 Å². The van der Waals surface area contributed by atoms with Gasteiger partial charge in [0.25, 0.3) is 5.91 Å². The lowest BCUT2D eigenvalue weighted by molar-refractivity contribution is 0.0986. The van der Waals surface area contributed by atoms with Crippen LogP contribution < -0.4 is 4.90 Å². The van der Waals surface area contributed by atoms with Gasteiger partial charge in [0.15, 0.2) is 5.13 Å². The summed E-state index contributed by atoms with van der Waals surface area (Å²) < 4.78 is 28.7. The molecule has 0 aliphatic carbocycles. The Kier molecular flexibility index (Phi) is 8.12. The maximum atomic E-state index is 13.6. The fourth-order valence-corrected chi connectivity index (χ4v) is 7.13. The van der Waals surface area contributed by atoms with Gasteiger partial charge in [-0.25, -0.2) is 13.4 Å². The number of piperidine rings is 1. The molecule has 1 aliphatic rings. The molecule has 10 heteroatoms. The molecule has 1 amide bonds. The first-order chi connectivity index (χ1) is 16.6. The minimum atomic E-state index is -3.57. The first-order valence-corrected chi connectivity index (χ1v) is 14.4. The van der Waals surface area contributed by atoms with E-state index >= 15 is 0 Å². The first kappa shape index (κ1) is 26.0. The minimum absolute atomic E-state index is 0.204. The molecule has 1 fully saturated rings. The predicted molar refractivity (Wildman–Crippen MR) is 143 cm³/mol. The van der Waals surface area contributed by atoms with E-state index in [4.69, 9.17) is 11.6 Å². The SMILES string of the molecule is CC1CCCN(S(=O)(=O)c2ccc(C(=O)N(CCCN(C)C)c3nc4ccc(Cl)cc4s3)cc2)C1. The summed E-state index contributed by atoms with van der Waals surface area (Å²) in [5, 5.41) is 1.23. The van der Waals surface area contributed by atoms with Crippen LogP contribution in [0.5, 0.6) is 0 Å². The van der Waals surface area contributed by atoms with E-state index in [1.807, 2.05) is 26.2 Å². The zero-order chi connectivity index (χ0) is 25.2. The number of sulfonamides is 1. The summed E-state index contributed by atoms with van der Waals surface area (Å²) in [6.45, 7) is 4.46. The smallest absolute Gasteiger partial charge is 0.260 e. The number of thiazole rings is 1. The van der Waals surface area contributed by atoms with Crippen LogP contribution in [0.4, 0.5) is 5.13 Å². The van der Waals surface area contributed by atoms with Crippen molar-refractivity contribution in [1.29, 1.82) is 0 Å². The second kappa shape index (κ2) is 10.9. The van der Waals surface area contributed by atoms with Crippen molar-refractivity contribution in [2.45, 2.75) is 31.1 Å². The van der Waals surface area contributed by atoms with Gasteiger partial charge in [0.1, 0.15) is 0 Å². The molecular formula is C25H31ClN4O3S2. The first-order valence-electron chi connectivity index (χ1n) is 11.8. The summed E-state index contributed by atoms with van der Waals surface area (Å²) in [6, 6.07) is 11.8. The van der Waals surface area contributed by atoms with Crippen molar-refractivity contribution in [3.8, 4) is 0 Å². The molecule has 1 aliphatic heterocycles. The summed E-state index contributed by atoms with van der Waals surface area (Å²) in [5.74, 6) is 0.142. The maximum Gasteiger partial charge on any atom is 0.260 e. The topological polar surface area (TPSA) is 73.8 Å². The summed E-state index contributed by atoms with van der Waals surface area (Å²) in [5.41, 5.74) is 1.22. The molecule has 188 valence electrons. The highest BCUT2D eigenvalue weighted by atomic mass is 35.5. The van der Waals surface area contributed by atoms with Gasteiger partial charge >= 0.3 is 0 Å². The second-order valence-electron chi connectivity index (χ2n) is 9.36. The van der Waals surface area contributed by atoms with Crippen LogP contribution in [-0.4, -0.2) is 68.8 Å². The molecule has 0 bridgehead atoms. The number of aromatic nitrogens is 1. The summed E-state index contributed by atoms with van der Waals surface area (Å²) in [4.78, 5) is 22.2. The van der Waals surface area contributed by atoms with E-state index in [-0.39, 0.29) is 10.8 Å². The fraction of sp³-hybridized carbons (Fsp3) is 0.440. The van der Waals surface area contributed by atoms with Crippen LogP contribution >= 0.6 is 22.9 Å². The third-order valence-electron chi connectivity index (χ3n) is 6.16. The van der Waals surface area contributed by atoms with Gasteiger partial charge in [-0.15, -0.1) is 0 Å². The number of nitrogens with zero attached hydrogens (tertiary/aromatic N) is 4. The largest absolute Gasteiger partial charge is 0.309 e. The monoisotopic (exact) mass is 534 g/mol. The number of hydrogen-bond donors (Lipinski definition) is 0. The summed E-state index contributed by atoms with van der Waals surface area (Å²) in [7, 11) is 0.413. The van der Waals surface area contributed by atoms with Gasteiger partial charge in [0.05, 0.1) is 15.1 Å². The van der Waals surface area contributed by atoms with Crippen molar-refractivity contribution in [1.82, 2.24) is 14.2 Å². The van der Waals surface area contributed by atoms with Gasteiger partial charge in [0, 0.05) is 30.2 Å². The molecule has 2 aromatic carbocycles. The number of carbonyl (C=O) groups excluding carboxylic acids is 1. The lowest BCUT2D eigenvalue weighted by Gasteiger charge is -2.30. The Bertz CT molecular complexity index is 1290. The third kappa shape index (κ3) is 6.03. The number of amides is 1. The molecule has 1 aromatic heterocycles. The standard InChI is InChI=1S/C25H31ClN4O3S2/c1-18-6-4-14-29(17-18)35(32,33)21-10-7-19(8-11-21)24(31)30(15-5-13-28(2)3)25-27-22-12-9-20(26)16-23(22)34-25/h7-12,16,18H,4-6,13-15,17H2,1-3H3. The Balaban J connectivity index is 1.59. The second-order valence-corrected chi connectivity index (χ2v) is 12.7. The summed E-state index contributed by atoms with van der Waals surface area (Å²) in [6.07, 6.45) is 2.68. The van der Waals surface area contributed by atoms with E-state index in [0.29, 0.717) is 41.3 Å². The van der Waals surface area contributed by atoms with Gasteiger partial charge in [0.2, 0.25) is 10.0 Å². The third-order valence-corrected chi connectivity index (χ3v) is 9.32. The predicted octanol–water partition coefficient (Wildman–Crippen LogP) is 4.97. The van der Waals surface area contributed by atoms with Crippen molar-refractivity contribution in [2.24, 2.45) is 5.92 Å². The van der Waals surface area contributed by atoms with E-state index in [1.165, 1.54) is 23.5 Å². The Morgan fingerprint density at radius 3 is 2.60 bits per heavy atom. The molecule has 3 aromatic rings. The number of halogens is 1.